The van der Waals surface area contributed by atoms with Crippen LogP contribution >= 0.6 is 0 Å². The lowest BCUT2D eigenvalue weighted by Gasteiger charge is -2.40. The molecule has 0 bridgehead atoms. The highest BCUT2D eigenvalue weighted by Crippen LogP contribution is 2.33. The minimum atomic E-state index is -0.636. The van der Waals surface area contributed by atoms with E-state index in [4.69, 9.17) is 29.8 Å². The summed E-state index contributed by atoms with van der Waals surface area (Å²) in [5, 5.41) is 21.0. The molecular weight excluding hydrogens is 733 g/mol. The number of amidine groups is 2. The molecule has 2 aliphatic heterocycles. The molecule has 2 saturated heterocycles. The largest absolute Gasteiger partial charge is 0.489 e. The van der Waals surface area contributed by atoms with Crippen molar-refractivity contribution in [3.8, 4) is 11.5 Å². The number of alkyl carbamates (subject to hydrolysis) is 2. The van der Waals surface area contributed by atoms with Crippen LogP contribution in [0.25, 0.3) is 0 Å². The van der Waals surface area contributed by atoms with Crippen LogP contribution in [0.1, 0.15) is 72.9 Å². The van der Waals surface area contributed by atoms with Gasteiger partial charge in [0.1, 0.15) is 36.4 Å². The number of hydrogen-bond donors (Lipinski definition) is 4. The number of nitrogens with zero attached hydrogens (tertiary/aromatic N) is 2. The molecule has 4 aromatic carbocycles. The highest BCUT2D eigenvalue weighted by atomic mass is 16.6. The van der Waals surface area contributed by atoms with Gasteiger partial charge in [-0.25, -0.2) is 9.59 Å². The minimum absolute atomic E-state index is 0.0139. The molecular formula is C46H56N6O6. The summed E-state index contributed by atoms with van der Waals surface area (Å²) in [5.41, 5.74) is 5.99. The average molecular weight is 789 g/mol. The van der Waals surface area contributed by atoms with E-state index in [1.807, 2.05) is 0 Å². The predicted octanol–water partition coefficient (Wildman–Crippen LogP) is 8.11. The number of amides is 2. The van der Waals surface area contributed by atoms with E-state index in [2.05, 4.69) is 69.0 Å². The molecule has 0 aliphatic carbocycles. The molecule has 306 valence electrons. The fourth-order valence-electron chi connectivity index (χ4n) is 7.77. The first-order valence-electron chi connectivity index (χ1n) is 20.4. The summed E-state index contributed by atoms with van der Waals surface area (Å²) in [4.78, 5) is 28.4. The Balaban J connectivity index is 0.878. The maximum Gasteiger partial charge on any atom is 0.412 e. The molecule has 6 rings (SSSR count). The zero-order chi connectivity index (χ0) is 40.7. The fraction of sp³-hybridized carbons (Fsp3) is 0.391. The third-order valence-corrected chi connectivity index (χ3v) is 10.8. The van der Waals surface area contributed by atoms with Crippen molar-refractivity contribution in [1.29, 1.82) is 10.8 Å². The van der Waals surface area contributed by atoms with E-state index in [9.17, 15) is 9.59 Å². The van der Waals surface area contributed by atoms with E-state index in [1.54, 1.807) is 62.4 Å². The van der Waals surface area contributed by atoms with Gasteiger partial charge in [-0.3, -0.25) is 31.3 Å². The van der Waals surface area contributed by atoms with E-state index in [0.29, 0.717) is 35.8 Å². The second-order valence-corrected chi connectivity index (χ2v) is 14.9. The second-order valence-electron chi connectivity index (χ2n) is 14.9. The van der Waals surface area contributed by atoms with Crippen LogP contribution in [0.15, 0.2) is 97.1 Å². The van der Waals surface area contributed by atoms with Gasteiger partial charge in [-0.2, -0.15) is 0 Å². The standard InChI is InChI=1S/C46H56N6O6/c1-3-55-45(53)49-43(47)39-11-15-41(16-12-39)57-31-35-9-5-7-33(27-35)29-51-23-19-37(20-24-51)38-21-25-52(26-22-38)30-34-8-6-10-36(28-34)32-58-42-17-13-40(14-18-42)44(48)50-46(54)56-4-2/h5-18,27-28,37-38H,3-4,19-26,29-32H2,1-2H3,(H2,47,49,53)(H2,48,50,54). The SMILES string of the molecule is CCOC(=O)NC(=N)c1ccc(OCc2cccc(CN3CCC(C4CCN(Cc5cccc(COc6ccc(C(=N)NC(=O)OCC)cc6)c5)CC4)CC3)c2)cc1. The van der Waals surface area contributed by atoms with E-state index >= 15 is 0 Å². The van der Waals surface area contributed by atoms with E-state index in [-0.39, 0.29) is 24.9 Å². The summed E-state index contributed by atoms with van der Waals surface area (Å²) in [6.07, 6.45) is 3.76. The van der Waals surface area contributed by atoms with Crippen LogP contribution in [0, 0.1) is 22.7 Å². The number of carbonyl (C=O) groups is 2. The molecule has 0 spiro atoms. The summed E-state index contributed by atoms with van der Waals surface area (Å²) in [7, 11) is 0. The third-order valence-electron chi connectivity index (χ3n) is 10.8. The Labute approximate surface area is 341 Å². The number of benzene rings is 4. The van der Waals surface area contributed by atoms with Gasteiger partial charge in [0.2, 0.25) is 0 Å². The van der Waals surface area contributed by atoms with Crippen molar-refractivity contribution in [3.05, 3.63) is 130 Å². The Morgan fingerprint density at radius 3 is 1.29 bits per heavy atom. The maximum atomic E-state index is 11.6. The fourth-order valence-corrected chi connectivity index (χ4v) is 7.77. The van der Waals surface area contributed by atoms with Crippen LogP contribution in [-0.2, 0) is 35.8 Å². The first kappa shape index (κ1) is 41.9. The van der Waals surface area contributed by atoms with Crippen molar-refractivity contribution in [2.24, 2.45) is 11.8 Å². The highest BCUT2D eigenvalue weighted by molar-refractivity contribution is 6.05. The number of hydrogen-bond acceptors (Lipinski definition) is 10. The molecule has 0 radical (unpaired) electrons. The van der Waals surface area contributed by atoms with Gasteiger partial charge < -0.3 is 18.9 Å². The molecule has 0 saturated carbocycles. The van der Waals surface area contributed by atoms with E-state index in [1.165, 1.54) is 36.8 Å². The van der Waals surface area contributed by atoms with E-state index < -0.39 is 12.2 Å². The third kappa shape index (κ3) is 12.6. The Kier molecular flexibility index (Phi) is 15.3. The number of ether oxygens (including phenoxy) is 4. The number of carbonyl (C=O) groups excluding carboxylic acids is 2. The lowest BCUT2D eigenvalue weighted by Crippen LogP contribution is -2.40. The van der Waals surface area contributed by atoms with Crippen LogP contribution in [-0.4, -0.2) is 73.1 Å². The molecule has 4 aromatic rings. The van der Waals surface area contributed by atoms with Gasteiger partial charge in [0.15, 0.2) is 0 Å². The smallest absolute Gasteiger partial charge is 0.412 e. The van der Waals surface area contributed by atoms with Crippen molar-refractivity contribution in [1.82, 2.24) is 20.4 Å². The number of piperidine rings is 2. The van der Waals surface area contributed by atoms with Gasteiger partial charge in [-0.15, -0.1) is 0 Å². The van der Waals surface area contributed by atoms with E-state index in [0.717, 1.165) is 62.2 Å². The Bertz CT molecular complexity index is 1830. The van der Waals surface area contributed by atoms with Gasteiger partial charge >= 0.3 is 12.2 Å². The van der Waals surface area contributed by atoms with Crippen molar-refractivity contribution >= 4 is 23.9 Å². The van der Waals surface area contributed by atoms with Crippen LogP contribution < -0.4 is 20.1 Å². The van der Waals surface area contributed by atoms with Crippen LogP contribution in [0.4, 0.5) is 9.59 Å². The first-order valence-corrected chi connectivity index (χ1v) is 20.4. The zero-order valence-corrected chi connectivity index (χ0v) is 33.6. The average Bonchev–Trinajstić information content (AvgIpc) is 3.23. The van der Waals surface area contributed by atoms with Gasteiger partial charge in [0, 0.05) is 24.2 Å². The molecule has 2 amide bonds. The number of likely N-dealkylation sites (tertiary alicyclic amines) is 2. The molecule has 12 nitrogen and oxygen atoms in total. The summed E-state index contributed by atoms with van der Waals surface area (Å²) < 4.78 is 21.8. The molecule has 2 fully saturated rings. The van der Waals surface area contributed by atoms with Crippen molar-refractivity contribution in [2.45, 2.75) is 65.8 Å². The van der Waals surface area contributed by atoms with Crippen LogP contribution in [0.3, 0.4) is 0 Å². The highest BCUT2D eigenvalue weighted by Gasteiger charge is 2.29. The zero-order valence-electron chi connectivity index (χ0n) is 33.6. The van der Waals surface area contributed by atoms with Crippen LogP contribution in [0.2, 0.25) is 0 Å². The van der Waals surface area contributed by atoms with Gasteiger partial charge in [-0.05, 0) is 148 Å². The Morgan fingerprint density at radius 1 is 0.569 bits per heavy atom. The lowest BCUT2D eigenvalue weighted by atomic mass is 9.78. The maximum absolute atomic E-state index is 11.6. The quantitative estimate of drug-likeness (QED) is 0.0698. The molecule has 4 N–H and O–H groups in total. The normalized spacial score (nSPS) is 15.3. The lowest BCUT2D eigenvalue weighted by molar-refractivity contribution is 0.0909. The second kappa shape index (κ2) is 21.2. The van der Waals surface area contributed by atoms with Gasteiger partial charge in [0.05, 0.1) is 13.2 Å². The minimum Gasteiger partial charge on any atom is -0.489 e. The topological polar surface area (TPSA) is 149 Å². The molecule has 12 heteroatoms. The molecule has 58 heavy (non-hydrogen) atoms. The molecule has 0 aromatic heterocycles. The molecule has 0 unspecified atom stereocenters. The summed E-state index contributed by atoms with van der Waals surface area (Å²) in [6, 6.07) is 31.5. The predicted molar refractivity (Wildman–Crippen MR) is 224 cm³/mol. The number of rotatable bonds is 15. The summed E-state index contributed by atoms with van der Waals surface area (Å²) in [5.74, 6) is 2.97. The van der Waals surface area contributed by atoms with Crippen molar-refractivity contribution < 1.29 is 28.5 Å². The summed E-state index contributed by atoms with van der Waals surface area (Å²) in [6.45, 7) is 11.3. The Morgan fingerprint density at radius 2 is 0.931 bits per heavy atom. The van der Waals surface area contributed by atoms with Crippen LogP contribution in [0.5, 0.6) is 11.5 Å². The van der Waals surface area contributed by atoms with Gasteiger partial charge in [0.25, 0.3) is 0 Å². The monoisotopic (exact) mass is 788 g/mol. The summed E-state index contributed by atoms with van der Waals surface area (Å²) >= 11 is 0. The van der Waals surface area contributed by atoms with Crippen molar-refractivity contribution in [3.63, 3.8) is 0 Å². The molecule has 2 aliphatic rings. The number of nitrogens with one attached hydrogen (secondary N) is 4. The first-order chi connectivity index (χ1) is 28.2. The van der Waals surface area contributed by atoms with Gasteiger partial charge in [-0.1, -0.05) is 48.5 Å². The molecule has 2 heterocycles. The van der Waals surface area contributed by atoms with Crippen molar-refractivity contribution in [2.75, 3.05) is 39.4 Å². The Hall–Kier alpha value is -5.72. The molecule has 0 atom stereocenters.